The van der Waals surface area contributed by atoms with Crippen LogP contribution in [0.5, 0.6) is 0 Å². The molecule has 1 aliphatic heterocycles. The quantitative estimate of drug-likeness (QED) is 0.792. The van der Waals surface area contributed by atoms with E-state index in [2.05, 4.69) is 4.72 Å². The first-order valence-electron chi connectivity index (χ1n) is 7.31. The summed E-state index contributed by atoms with van der Waals surface area (Å²) in [7, 11) is -3.45. The fourth-order valence-electron chi connectivity index (χ4n) is 4.09. The number of fused-ring (bicyclic) bond motifs is 2. The van der Waals surface area contributed by atoms with Crippen LogP contribution in [0.25, 0.3) is 0 Å². The predicted octanol–water partition coefficient (Wildman–Crippen LogP) is 0.584. The molecule has 0 radical (unpaired) electrons. The zero-order valence-corrected chi connectivity index (χ0v) is 12.1. The molecule has 0 aromatic heterocycles. The number of hydrogen-bond acceptors (Lipinski definition) is 4. The number of ether oxygens (including phenoxy) is 1. The summed E-state index contributed by atoms with van der Waals surface area (Å²) < 4.78 is 32.8. The smallest absolute Gasteiger partial charge is 0.308 e. The summed E-state index contributed by atoms with van der Waals surface area (Å²) in [6, 6.07) is -0.418. The molecule has 3 aliphatic rings. The van der Waals surface area contributed by atoms with Crippen LogP contribution < -0.4 is 4.72 Å². The van der Waals surface area contributed by atoms with Crippen molar-refractivity contribution in [1.29, 1.82) is 0 Å². The summed E-state index contributed by atoms with van der Waals surface area (Å²) in [5, 5.41) is 8.92. The van der Waals surface area contributed by atoms with E-state index < -0.39 is 33.2 Å². The van der Waals surface area contributed by atoms with Crippen molar-refractivity contribution < 1.29 is 23.1 Å². The molecule has 6 nitrogen and oxygen atoms in total. The predicted molar refractivity (Wildman–Crippen MR) is 71.6 cm³/mol. The molecule has 1 saturated heterocycles. The molecule has 1 heterocycles. The Bertz CT molecular complexity index is 485. The van der Waals surface area contributed by atoms with Crippen molar-refractivity contribution in [3.63, 3.8) is 0 Å². The van der Waals surface area contributed by atoms with E-state index in [4.69, 9.17) is 4.74 Å². The molecule has 7 heteroatoms. The Labute approximate surface area is 118 Å². The third-order valence-electron chi connectivity index (χ3n) is 5.11. The molecule has 2 bridgehead atoms. The summed E-state index contributed by atoms with van der Waals surface area (Å²) in [6.45, 7) is 0.926. The number of carbonyl (C=O) groups is 1. The van der Waals surface area contributed by atoms with Gasteiger partial charge in [-0.2, -0.15) is 0 Å². The van der Waals surface area contributed by atoms with Crippen molar-refractivity contribution in [3.05, 3.63) is 0 Å². The number of carboxylic acid groups (broad SMARTS) is 1. The Kier molecular flexibility index (Phi) is 3.77. The van der Waals surface area contributed by atoms with Gasteiger partial charge < -0.3 is 9.84 Å². The van der Waals surface area contributed by atoms with Crippen molar-refractivity contribution >= 4 is 16.0 Å². The number of rotatable bonds is 4. The Morgan fingerprint density at radius 3 is 2.40 bits per heavy atom. The van der Waals surface area contributed by atoms with Gasteiger partial charge in [0, 0.05) is 19.3 Å². The molecular weight excluding hydrogens is 282 g/mol. The minimum absolute atomic E-state index is 0.139. The normalized spacial score (nSPS) is 38.2. The van der Waals surface area contributed by atoms with E-state index in [9.17, 15) is 18.3 Å². The van der Waals surface area contributed by atoms with Crippen LogP contribution in [0.2, 0.25) is 0 Å². The summed E-state index contributed by atoms with van der Waals surface area (Å²) in [5.74, 6) is -1.09. The zero-order valence-electron chi connectivity index (χ0n) is 11.3. The van der Waals surface area contributed by atoms with E-state index in [0.717, 1.165) is 19.3 Å². The number of carboxylic acids is 1. The lowest BCUT2D eigenvalue weighted by Gasteiger charge is -2.31. The molecule has 0 aromatic rings. The highest BCUT2D eigenvalue weighted by atomic mass is 32.2. The molecule has 4 unspecified atom stereocenters. The third-order valence-corrected chi connectivity index (χ3v) is 7.06. The highest BCUT2D eigenvalue weighted by Crippen LogP contribution is 2.49. The Morgan fingerprint density at radius 1 is 1.10 bits per heavy atom. The highest BCUT2D eigenvalue weighted by Gasteiger charge is 2.52. The van der Waals surface area contributed by atoms with Gasteiger partial charge in [-0.25, -0.2) is 13.1 Å². The molecule has 114 valence electrons. The monoisotopic (exact) mass is 303 g/mol. The van der Waals surface area contributed by atoms with E-state index >= 15 is 0 Å². The lowest BCUT2D eigenvalue weighted by Crippen LogP contribution is -2.50. The molecular formula is C13H21NO5S. The molecule has 2 saturated carbocycles. The van der Waals surface area contributed by atoms with Gasteiger partial charge in [0.15, 0.2) is 0 Å². The lowest BCUT2D eigenvalue weighted by atomic mass is 9.85. The lowest BCUT2D eigenvalue weighted by molar-refractivity contribution is -0.144. The Hall–Kier alpha value is -0.660. The van der Waals surface area contributed by atoms with Gasteiger partial charge in [-0.05, 0) is 43.9 Å². The molecule has 20 heavy (non-hydrogen) atoms. The van der Waals surface area contributed by atoms with E-state index in [0.29, 0.717) is 26.1 Å². The van der Waals surface area contributed by atoms with Crippen LogP contribution in [0.3, 0.4) is 0 Å². The van der Waals surface area contributed by atoms with Crippen molar-refractivity contribution in [2.24, 2.45) is 17.8 Å². The van der Waals surface area contributed by atoms with Gasteiger partial charge in [-0.15, -0.1) is 0 Å². The average molecular weight is 303 g/mol. The Balaban J connectivity index is 1.74. The molecule has 3 fully saturated rings. The fourth-order valence-corrected chi connectivity index (χ4v) is 5.81. The van der Waals surface area contributed by atoms with Crippen molar-refractivity contribution in [2.75, 3.05) is 13.2 Å². The van der Waals surface area contributed by atoms with Gasteiger partial charge >= 0.3 is 5.97 Å². The van der Waals surface area contributed by atoms with Gasteiger partial charge in [0.05, 0.1) is 11.2 Å². The molecule has 4 atom stereocenters. The number of nitrogens with one attached hydrogen (secondary N) is 1. The Morgan fingerprint density at radius 2 is 1.75 bits per heavy atom. The molecule has 2 aliphatic carbocycles. The standard InChI is InChI=1S/C13H21NO5S/c15-13(16)11-8-1-2-9(7-8)12(11)14-20(17,18)10-3-5-19-6-4-10/h8-12,14H,1-7H2,(H,15,16). The summed E-state index contributed by atoms with van der Waals surface area (Å²) in [5.41, 5.74) is 0. The number of hydrogen-bond donors (Lipinski definition) is 2. The van der Waals surface area contributed by atoms with Crippen LogP contribution in [-0.2, 0) is 19.6 Å². The van der Waals surface area contributed by atoms with Gasteiger partial charge in [0.1, 0.15) is 0 Å². The third kappa shape index (κ3) is 2.46. The largest absolute Gasteiger partial charge is 0.481 e. The first-order valence-corrected chi connectivity index (χ1v) is 8.85. The summed E-state index contributed by atoms with van der Waals surface area (Å²) >= 11 is 0. The van der Waals surface area contributed by atoms with Crippen LogP contribution in [0.1, 0.15) is 32.1 Å². The summed E-state index contributed by atoms with van der Waals surface area (Å²) in [6.07, 6.45) is 3.69. The van der Waals surface area contributed by atoms with Gasteiger partial charge in [0.25, 0.3) is 0 Å². The maximum absolute atomic E-state index is 12.4. The average Bonchev–Trinajstić information content (AvgIpc) is 3.00. The first kappa shape index (κ1) is 14.3. The fraction of sp³-hybridized carbons (Fsp3) is 0.923. The number of sulfonamides is 1. The minimum atomic E-state index is -3.45. The molecule has 0 amide bonds. The zero-order chi connectivity index (χ0) is 14.3. The molecule has 0 spiro atoms. The second-order valence-electron chi connectivity index (χ2n) is 6.20. The first-order chi connectivity index (χ1) is 9.49. The minimum Gasteiger partial charge on any atom is -0.481 e. The van der Waals surface area contributed by atoms with Gasteiger partial charge in [0.2, 0.25) is 10.0 Å². The molecule has 2 N–H and O–H groups in total. The van der Waals surface area contributed by atoms with Crippen molar-refractivity contribution in [2.45, 2.75) is 43.4 Å². The molecule has 0 aromatic carbocycles. The SMILES string of the molecule is O=C(O)C1C2CCC(C2)C1NS(=O)(=O)C1CCOCC1. The van der Waals surface area contributed by atoms with Crippen LogP contribution in [0.4, 0.5) is 0 Å². The van der Waals surface area contributed by atoms with Crippen molar-refractivity contribution in [1.82, 2.24) is 4.72 Å². The van der Waals surface area contributed by atoms with E-state index in [-0.39, 0.29) is 11.8 Å². The van der Waals surface area contributed by atoms with Crippen LogP contribution in [0, 0.1) is 17.8 Å². The topological polar surface area (TPSA) is 92.7 Å². The summed E-state index contributed by atoms with van der Waals surface area (Å²) in [4.78, 5) is 11.4. The second kappa shape index (κ2) is 5.27. The van der Waals surface area contributed by atoms with Gasteiger partial charge in [-0.3, -0.25) is 4.79 Å². The highest BCUT2D eigenvalue weighted by molar-refractivity contribution is 7.90. The maximum atomic E-state index is 12.4. The number of aliphatic carboxylic acids is 1. The molecule has 3 rings (SSSR count). The van der Waals surface area contributed by atoms with Crippen molar-refractivity contribution in [3.8, 4) is 0 Å². The van der Waals surface area contributed by atoms with E-state index in [1.54, 1.807) is 0 Å². The van der Waals surface area contributed by atoms with Gasteiger partial charge in [-0.1, -0.05) is 0 Å². The van der Waals surface area contributed by atoms with Crippen LogP contribution in [0.15, 0.2) is 0 Å². The second-order valence-corrected chi connectivity index (χ2v) is 8.19. The van der Waals surface area contributed by atoms with E-state index in [1.807, 2.05) is 0 Å². The van der Waals surface area contributed by atoms with E-state index in [1.165, 1.54) is 0 Å². The maximum Gasteiger partial charge on any atom is 0.308 e. The van der Waals surface area contributed by atoms with Crippen LogP contribution in [-0.4, -0.2) is 44.0 Å². The van der Waals surface area contributed by atoms with Crippen LogP contribution >= 0.6 is 0 Å².